The number of carboxylic acid groups (broad SMARTS) is 1. The third kappa shape index (κ3) is 3.25. The first-order chi connectivity index (χ1) is 7.00. The number of carbonyl (C=O) groups is 1. The number of nitrogens with one attached hydrogen (secondary N) is 1. The molecule has 0 aliphatic heterocycles. The molecule has 0 saturated heterocycles. The molecule has 4 heteroatoms. The minimum Gasteiger partial charge on any atom is -0.507 e. The number of aliphatic carboxylic acids is 1. The minimum atomic E-state index is -0.873. The van der Waals surface area contributed by atoms with Crippen LogP contribution in [-0.4, -0.2) is 22.7 Å². The molecule has 0 bridgehead atoms. The van der Waals surface area contributed by atoms with Gasteiger partial charge in [-0.25, -0.2) is 0 Å². The number of carboxylic acids is 1. The van der Waals surface area contributed by atoms with Crippen molar-refractivity contribution in [2.75, 3.05) is 6.54 Å². The summed E-state index contributed by atoms with van der Waals surface area (Å²) < 4.78 is 0. The van der Waals surface area contributed by atoms with Gasteiger partial charge in [0.2, 0.25) is 0 Å². The Hall–Kier alpha value is -1.55. The van der Waals surface area contributed by atoms with Crippen LogP contribution in [-0.2, 0) is 11.3 Å². The Kier molecular flexibility index (Phi) is 3.68. The number of phenols is 1. The van der Waals surface area contributed by atoms with E-state index in [0.717, 1.165) is 16.7 Å². The van der Waals surface area contributed by atoms with E-state index in [-0.39, 0.29) is 6.54 Å². The Bertz CT molecular complexity index is 351. The van der Waals surface area contributed by atoms with E-state index in [2.05, 4.69) is 5.32 Å². The maximum atomic E-state index is 10.3. The number of aromatic hydroxyl groups is 1. The predicted molar refractivity (Wildman–Crippen MR) is 56.9 cm³/mol. The van der Waals surface area contributed by atoms with Gasteiger partial charge >= 0.3 is 5.97 Å². The van der Waals surface area contributed by atoms with Crippen molar-refractivity contribution in [2.45, 2.75) is 20.4 Å². The molecule has 4 nitrogen and oxygen atoms in total. The first-order valence-electron chi connectivity index (χ1n) is 4.72. The second-order valence-corrected chi connectivity index (χ2v) is 3.58. The van der Waals surface area contributed by atoms with Crippen molar-refractivity contribution >= 4 is 5.97 Å². The van der Waals surface area contributed by atoms with Gasteiger partial charge in [-0.05, 0) is 30.5 Å². The standard InChI is InChI=1S/C11H15NO3/c1-7-3-9(4-8(2)11(7)15)5-12-6-10(13)14/h3-4,12,15H,5-6H2,1-2H3,(H,13,14). The Labute approximate surface area is 88.6 Å². The number of hydrogen-bond acceptors (Lipinski definition) is 3. The molecule has 0 aromatic heterocycles. The van der Waals surface area contributed by atoms with Crippen LogP contribution in [0.15, 0.2) is 12.1 Å². The monoisotopic (exact) mass is 209 g/mol. The molecule has 0 fully saturated rings. The van der Waals surface area contributed by atoms with Crippen LogP contribution < -0.4 is 5.32 Å². The second-order valence-electron chi connectivity index (χ2n) is 3.58. The normalized spacial score (nSPS) is 10.3. The summed E-state index contributed by atoms with van der Waals surface area (Å²) in [6.45, 7) is 4.08. The molecule has 15 heavy (non-hydrogen) atoms. The summed E-state index contributed by atoms with van der Waals surface area (Å²) in [5.74, 6) is -0.570. The first kappa shape index (κ1) is 11.5. The molecule has 0 heterocycles. The zero-order valence-electron chi connectivity index (χ0n) is 8.87. The average molecular weight is 209 g/mol. The highest BCUT2D eigenvalue weighted by atomic mass is 16.4. The molecular formula is C11H15NO3. The van der Waals surface area contributed by atoms with Gasteiger partial charge in [0.05, 0.1) is 6.54 Å². The van der Waals surface area contributed by atoms with E-state index in [1.807, 2.05) is 26.0 Å². The van der Waals surface area contributed by atoms with Crippen molar-refractivity contribution in [3.63, 3.8) is 0 Å². The summed E-state index contributed by atoms with van der Waals surface area (Å²) in [5.41, 5.74) is 2.59. The molecule has 82 valence electrons. The van der Waals surface area contributed by atoms with Gasteiger partial charge in [0, 0.05) is 6.54 Å². The van der Waals surface area contributed by atoms with E-state index in [0.29, 0.717) is 12.3 Å². The SMILES string of the molecule is Cc1cc(CNCC(=O)O)cc(C)c1O. The van der Waals surface area contributed by atoms with Gasteiger partial charge in [-0.3, -0.25) is 4.79 Å². The minimum absolute atomic E-state index is 0.0566. The summed E-state index contributed by atoms with van der Waals surface area (Å²) in [5, 5.41) is 20.8. The first-order valence-corrected chi connectivity index (χ1v) is 4.72. The van der Waals surface area contributed by atoms with E-state index in [9.17, 15) is 9.90 Å². The largest absolute Gasteiger partial charge is 0.507 e. The lowest BCUT2D eigenvalue weighted by Crippen LogP contribution is -2.21. The molecule has 0 radical (unpaired) electrons. The average Bonchev–Trinajstić information content (AvgIpc) is 2.13. The Balaban J connectivity index is 2.66. The highest BCUT2D eigenvalue weighted by molar-refractivity contribution is 5.69. The third-order valence-electron chi connectivity index (χ3n) is 2.16. The van der Waals surface area contributed by atoms with Crippen LogP contribution in [0, 0.1) is 13.8 Å². The van der Waals surface area contributed by atoms with Crippen LogP contribution in [0.4, 0.5) is 0 Å². The van der Waals surface area contributed by atoms with E-state index in [1.165, 1.54) is 0 Å². The molecule has 0 aliphatic rings. The molecule has 3 N–H and O–H groups in total. The molecule has 0 unspecified atom stereocenters. The smallest absolute Gasteiger partial charge is 0.317 e. The summed E-state index contributed by atoms with van der Waals surface area (Å²) in [6.07, 6.45) is 0. The Morgan fingerprint density at radius 1 is 1.33 bits per heavy atom. The van der Waals surface area contributed by atoms with Gasteiger partial charge in [-0.15, -0.1) is 0 Å². The van der Waals surface area contributed by atoms with Crippen molar-refractivity contribution in [1.82, 2.24) is 5.32 Å². The number of hydrogen-bond donors (Lipinski definition) is 3. The molecule has 1 aromatic carbocycles. The van der Waals surface area contributed by atoms with Gasteiger partial charge in [-0.2, -0.15) is 0 Å². The van der Waals surface area contributed by atoms with Crippen LogP contribution in [0.3, 0.4) is 0 Å². The molecule has 0 amide bonds. The maximum Gasteiger partial charge on any atom is 0.317 e. The number of rotatable bonds is 4. The van der Waals surface area contributed by atoms with Gasteiger partial charge < -0.3 is 15.5 Å². The number of aryl methyl sites for hydroxylation is 2. The third-order valence-corrected chi connectivity index (χ3v) is 2.16. The predicted octanol–water partition coefficient (Wildman–Crippen LogP) is 1.18. The molecule has 0 aliphatic carbocycles. The molecule has 1 aromatic rings. The highest BCUT2D eigenvalue weighted by Crippen LogP contribution is 2.22. The quantitative estimate of drug-likeness (QED) is 0.696. The van der Waals surface area contributed by atoms with Crippen LogP contribution in [0.1, 0.15) is 16.7 Å². The lowest BCUT2D eigenvalue weighted by atomic mass is 10.1. The van der Waals surface area contributed by atoms with Crippen LogP contribution >= 0.6 is 0 Å². The summed E-state index contributed by atoms with van der Waals surface area (Å²) in [6, 6.07) is 3.69. The lowest BCUT2D eigenvalue weighted by Gasteiger charge is -2.08. The second kappa shape index (κ2) is 4.79. The van der Waals surface area contributed by atoms with Gasteiger partial charge in [0.15, 0.2) is 0 Å². The van der Waals surface area contributed by atoms with E-state index < -0.39 is 5.97 Å². The van der Waals surface area contributed by atoms with E-state index >= 15 is 0 Å². The summed E-state index contributed by atoms with van der Waals surface area (Å²) >= 11 is 0. The lowest BCUT2D eigenvalue weighted by molar-refractivity contribution is -0.135. The van der Waals surface area contributed by atoms with Crippen molar-refractivity contribution in [3.05, 3.63) is 28.8 Å². The number of phenolic OH excluding ortho intramolecular Hbond substituents is 1. The van der Waals surface area contributed by atoms with Gasteiger partial charge in [0.1, 0.15) is 5.75 Å². The highest BCUT2D eigenvalue weighted by Gasteiger charge is 2.03. The molecule has 1 rings (SSSR count). The van der Waals surface area contributed by atoms with E-state index in [4.69, 9.17) is 5.11 Å². The Morgan fingerprint density at radius 2 is 1.87 bits per heavy atom. The van der Waals surface area contributed by atoms with Crippen LogP contribution in [0.25, 0.3) is 0 Å². The van der Waals surface area contributed by atoms with Crippen molar-refractivity contribution in [2.24, 2.45) is 0 Å². The molecule has 0 atom stereocenters. The van der Waals surface area contributed by atoms with Crippen molar-refractivity contribution < 1.29 is 15.0 Å². The van der Waals surface area contributed by atoms with Crippen molar-refractivity contribution in [1.29, 1.82) is 0 Å². The number of benzene rings is 1. The molecule has 0 spiro atoms. The molecular weight excluding hydrogens is 194 g/mol. The zero-order chi connectivity index (χ0) is 11.4. The fraction of sp³-hybridized carbons (Fsp3) is 0.364. The van der Waals surface area contributed by atoms with Gasteiger partial charge in [-0.1, -0.05) is 12.1 Å². The van der Waals surface area contributed by atoms with Crippen LogP contribution in [0.5, 0.6) is 5.75 Å². The molecule has 0 saturated carbocycles. The fourth-order valence-electron chi connectivity index (χ4n) is 1.46. The topological polar surface area (TPSA) is 69.6 Å². The zero-order valence-corrected chi connectivity index (χ0v) is 8.87. The van der Waals surface area contributed by atoms with Gasteiger partial charge in [0.25, 0.3) is 0 Å². The fourth-order valence-corrected chi connectivity index (χ4v) is 1.46. The van der Waals surface area contributed by atoms with Crippen LogP contribution in [0.2, 0.25) is 0 Å². The van der Waals surface area contributed by atoms with E-state index in [1.54, 1.807) is 0 Å². The van der Waals surface area contributed by atoms with Crippen molar-refractivity contribution in [3.8, 4) is 5.75 Å². The summed E-state index contributed by atoms with van der Waals surface area (Å²) in [7, 11) is 0. The summed E-state index contributed by atoms with van der Waals surface area (Å²) in [4.78, 5) is 10.3. The Morgan fingerprint density at radius 3 is 2.33 bits per heavy atom. The maximum absolute atomic E-state index is 10.3.